The molecule has 1 rings (SSSR count). The molecule has 1 aromatic rings. The average molecular weight is 224 g/mol. The van der Waals surface area contributed by atoms with Gasteiger partial charge in [-0.25, -0.2) is 4.39 Å². The van der Waals surface area contributed by atoms with Crippen LogP contribution in [0.1, 0.15) is 19.4 Å². The zero-order valence-corrected chi connectivity index (χ0v) is 9.75. The molecule has 1 aromatic carbocycles. The molecule has 4 heteroatoms. The van der Waals surface area contributed by atoms with Gasteiger partial charge in [0.2, 0.25) is 5.91 Å². The number of rotatable bonds is 3. The Morgan fingerprint density at radius 3 is 2.56 bits per heavy atom. The molecule has 0 aliphatic carbocycles. The molecule has 16 heavy (non-hydrogen) atoms. The standard InChI is InChI=1S/C12H17FN2O/c1-7(2)10(14)12(16)15-11-8(3)5-4-6-9(11)13/h4-7,10H,14H2,1-3H3,(H,15,16)/t10-/m1/s1. The predicted molar refractivity (Wildman–Crippen MR) is 62.6 cm³/mol. The van der Waals surface area contributed by atoms with E-state index in [1.54, 1.807) is 19.1 Å². The van der Waals surface area contributed by atoms with E-state index >= 15 is 0 Å². The first kappa shape index (κ1) is 12.6. The van der Waals surface area contributed by atoms with E-state index in [9.17, 15) is 9.18 Å². The first-order chi connectivity index (χ1) is 7.43. The molecule has 0 saturated carbocycles. The number of hydrogen-bond acceptors (Lipinski definition) is 2. The van der Waals surface area contributed by atoms with Gasteiger partial charge in [0.05, 0.1) is 11.7 Å². The third-order valence-corrected chi connectivity index (χ3v) is 2.49. The highest BCUT2D eigenvalue weighted by Gasteiger charge is 2.19. The zero-order valence-electron chi connectivity index (χ0n) is 9.75. The van der Waals surface area contributed by atoms with Gasteiger partial charge in [-0.15, -0.1) is 0 Å². The van der Waals surface area contributed by atoms with Crippen LogP contribution in [0.4, 0.5) is 10.1 Å². The number of carbonyl (C=O) groups excluding carboxylic acids is 1. The SMILES string of the molecule is Cc1cccc(F)c1NC(=O)[C@H](N)C(C)C. The van der Waals surface area contributed by atoms with E-state index in [1.807, 2.05) is 13.8 Å². The van der Waals surface area contributed by atoms with Crippen LogP contribution in [0.25, 0.3) is 0 Å². The van der Waals surface area contributed by atoms with Crippen LogP contribution in [0.15, 0.2) is 18.2 Å². The number of hydrogen-bond donors (Lipinski definition) is 2. The number of nitrogens with one attached hydrogen (secondary N) is 1. The minimum Gasteiger partial charge on any atom is -0.322 e. The van der Waals surface area contributed by atoms with Gasteiger partial charge in [-0.3, -0.25) is 4.79 Å². The third-order valence-electron chi connectivity index (χ3n) is 2.49. The molecule has 0 fully saturated rings. The van der Waals surface area contributed by atoms with Crippen LogP contribution >= 0.6 is 0 Å². The summed E-state index contributed by atoms with van der Waals surface area (Å²) in [6, 6.07) is 4.02. The fourth-order valence-electron chi connectivity index (χ4n) is 1.30. The van der Waals surface area contributed by atoms with Gasteiger partial charge in [-0.05, 0) is 24.5 Å². The molecule has 0 bridgehead atoms. The van der Waals surface area contributed by atoms with Crippen LogP contribution in [0.2, 0.25) is 0 Å². The first-order valence-corrected chi connectivity index (χ1v) is 5.25. The lowest BCUT2D eigenvalue weighted by Gasteiger charge is -2.16. The Bertz CT molecular complexity index is 370. The van der Waals surface area contributed by atoms with Gasteiger partial charge in [0.25, 0.3) is 0 Å². The average Bonchev–Trinajstić information content (AvgIpc) is 2.22. The molecule has 0 unspecified atom stereocenters. The number of carbonyl (C=O) groups is 1. The van der Waals surface area contributed by atoms with Crippen LogP contribution in [0.5, 0.6) is 0 Å². The minimum atomic E-state index is -0.626. The van der Waals surface area contributed by atoms with Gasteiger partial charge in [-0.1, -0.05) is 26.0 Å². The topological polar surface area (TPSA) is 55.1 Å². The van der Waals surface area contributed by atoms with Gasteiger partial charge in [0, 0.05) is 0 Å². The molecule has 1 amide bonds. The molecular formula is C12H17FN2O. The largest absolute Gasteiger partial charge is 0.322 e. The highest BCUT2D eigenvalue weighted by Crippen LogP contribution is 2.19. The number of anilines is 1. The van der Waals surface area contributed by atoms with Crippen LogP contribution in [-0.2, 0) is 4.79 Å². The molecule has 1 atom stereocenters. The van der Waals surface area contributed by atoms with Crippen molar-refractivity contribution in [2.45, 2.75) is 26.8 Å². The summed E-state index contributed by atoms with van der Waals surface area (Å²) in [5, 5.41) is 2.52. The molecule has 0 saturated heterocycles. The molecule has 3 N–H and O–H groups in total. The van der Waals surface area contributed by atoms with Crippen molar-refractivity contribution in [1.82, 2.24) is 0 Å². The molecule has 0 radical (unpaired) electrons. The summed E-state index contributed by atoms with van der Waals surface area (Å²) in [6.07, 6.45) is 0. The van der Waals surface area contributed by atoms with Gasteiger partial charge in [-0.2, -0.15) is 0 Å². The zero-order chi connectivity index (χ0) is 12.3. The molecule has 0 aliphatic heterocycles. The molecule has 3 nitrogen and oxygen atoms in total. The van der Waals surface area contributed by atoms with Gasteiger partial charge in [0.15, 0.2) is 0 Å². The Balaban J connectivity index is 2.85. The van der Waals surface area contributed by atoms with Crippen molar-refractivity contribution < 1.29 is 9.18 Å². The molecule has 0 aromatic heterocycles. The van der Waals surface area contributed by atoms with E-state index in [-0.39, 0.29) is 17.5 Å². The Morgan fingerprint density at radius 2 is 2.06 bits per heavy atom. The first-order valence-electron chi connectivity index (χ1n) is 5.25. The molecular weight excluding hydrogens is 207 g/mol. The third kappa shape index (κ3) is 2.79. The summed E-state index contributed by atoms with van der Waals surface area (Å²) < 4.78 is 13.4. The molecule has 88 valence electrons. The number of benzene rings is 1. The maximum atomic E-state index is 13.4. The number of halogens is 1. The molecule has 0 aliphatic rings. The van der Waals surface area contributed by atoms with Crippen LogP contribution < -0.4 is 11.1 Å². The number of para-hydroxylation sites is 1. The van der Waals surface area contributed by atoms with E-state index in [2.05, 4.69) is 5.32 Å². The summed E-state index contributed by atoms with van der Waals surface area (Å²) in [6.45, 7) is 5.43. The lowest BCUT2D eigenvalue weighted by molar-refractivity contribution is -0.118. The molecule has 0 heterocycles. The summed E-state index contributed by atoms with van der Waals surface area (Å²) in [5.41, 5.74) is 6.57. The maximum Gasteiger partial charge on any atom is 0.241 e. The van der Waals surface area contributed by atoms with Crippen LogP contribution in [-0.4, -0.2) is 11.9 Å². The van der Waals surface area contributed by atoms with Crippen molar-refractivity contribution in [3.8, 4) is 0 Å². The summed E-state index contributed by atoms with van der Waals surface area (Å²) in [5.74, 6) is -0.778. The Kier molecular flexibility index (Phi) is 4.01. The van der Waals surface area contributed by atoms with Crippen molar-refractivity contribution in [2.24, 2.45) is 11.7 Å². The maximum absolute atomic E-state index is 13.4. The normalized spacial score (nSPS) is 12.6. The van der Waals surface area contributed by atoms with E-state index in [1.165, 1.54) is 6.07 Å². The van der Waals surface area contributed by atoms with Gasteiger partial charge < -0.3 is 11.1 Å². The van der Waals surface area contributed by atoms with Crippen molar-refractivity contribution in [3.05, 3.63) is 29.6 Å². The molecule has 0 spiro atoms. The second-order valence-corrected chi connectivity index (χ2v) is 4.19. The second kappa shape index (κ2) is 5.07. The number of aryl methyl sites for hydroxylation is 1. The Morgan fingerprint density at radius 1 is 1.44 bits per heavy atom. The number of amides is 1. The van der Waals surface area contributed by atoms with Crippen LogP contribution in [0.3, 0.4) is 0 Å². The Hall–Kier alpha value is -1.42. The highest BCUT2D eigenvalue weighted by molar-refractivity contribution is 5.95. The van der Waals surface area contributed by atoms with Crippen LogP contribution in [0, 0.1) is 18.7 Å². The van der Waals surface area contributed by atoms with Gasteiger partial charge in [0.1, 0.15) is 5.82 Å². The summed E-state index contributed by atoms with van der Waals surface area (Å²) in [4.78, 5) is 11.7. The lowest BCUT2D eigenvalue weighted by Crippen LogP contribution is -2.40. The number of nitrogens with two attached hydrogens (primary N) is 1. The summed E-state index contributed by atoms with van der Waals surface area (Å²) in [7, 11) is 0. The predicted octanol–water partition coefficient (Wildman–Crippen LogP) is 2.06. The monoisotopic (exact) mass is 224 g/mol. The smallest absolute Gasteiger partial charge is 0.241 e. The fraction of sp³-hybridized carbons (Fsp3) is 0.417. The van der Waals surface area contributed by atoms with Crippen molar-refractivity contribution in [1.29, 1.82) is 0 Å². The van der Waals surface area contributed by atoms with E-state index < -0.39 is 11.9 Å². The Labute approximate surface area is 94.8 Å². The quantitative estimate of drug-likeness (QED) is 0.825. The van der Waals surface area contributed by atoms with Gasteiger partial charge >= 0.3 is 0 Å². The van der Waals surface area contributed by atoms with E-state index in [4.69, 9.17) is 5.73 Å². The fourth-order valence-corrected chi connectivity index (χ4v) is 1.30. The van der Waals surface area contributed by atoms with Crippen molar-refractivity contribution in [3.63, 3.8) is 0 Å². The highest BCUT2D eigenvalue weighted by atomic mass is 19.1. The van der Waals surface area contributed by atoms with E-state index in [0.29, 0.717) is 5.56 Å². The lowest BCUT2D eigenvalue weighted by atomic mass is 10.0. The summed E-state index contributed by atoms with van der Waals surface area (Å²) >= 11 is 0. The minimum absolute atomic E-state index is 0.0204. The van der Waals surface area contributed by atoms with Crippen molar-refractivity contribution >= 4 is 11.6 Å². The van der Waals surface area contributed by atoms with E-state index in [0.717, 1.165) is 0 Å². The van der Waals surface area contributed by atoms with Crippen molar-refractivity contribution in [2.75, 3.05) is 5.32 Å². The second-order valence-electron chi connectivity index (χ2n) is 4.19.